The number of hydrogen-bond acceptors (Lipinski definition) is 5. The van der Waals surface area contributed by atoms with Crippen molar-refractivity contribution >= 4 is 11.6 Å². The molecule has 0 atom stereocenters. The minimum absolute atomic E-state index is 0.768. The minimum Gasteiger partial charge on any atom is -0.378 e. The van der Waals surface area contributed by atoms with E-state index in [9.17, 15) is 0 Å². The molecule has 4 rings (SSSR count). The summed E-state index contributed by atoms with van der Waals surface area (Å²) in [6.07, 6.45) is 3.82. The number of ether oxygens (including phenoxy) is 1. The molecule has 0 aliphatic carbocycles. The first-order valence-corrected chi connectivity index (χ1v) is 8.92. The molecule has 0 bridgehead atoms. The molecule has 5 heteroatoms. The van der Waals surface area contributed by atoms with Crippen LogP contribution in [-0.2, 0) is 4.74 Å². The van der Waals surface area contributed by atoms with E-state index in [1.54, 1.807) is 0 Å². The lowest BCUT2D eigenvalue weighted by molar-refractivity contribution is 0.122. The van der Waals surface area contributed by atoms with Crippen molar-refractivity contribution < 1.29 is 4.74 Å². The van der Waals surface area contributed by atoms with E-state index in [2.05, 4.69) is 28.0 Å². The highest BCUT2D eigenvalue weighted by atomic mass is 16.5. The normalized spacial score (nSPS) is 18.7. The van der Waals surface area contributed by atoms with E-state index in [-0.39, 0.29) is 0 Å². The van der Waals surface area contributed by atoms with Crippen molar-refractivity contribution in [3.05, 3.63) is 36.4 Å². The molecule has 2 aromatic rings. The lowest BCUT2D eigenvalue weighted by atomic mass is 10.1. The number of hydrogen-bond donors (Lipinski definition) is 0. The quantitative estimate of drug-likeness (QED) is 0.868. The Kier molecular flexibility index (Phi) is 4.60. The van der Waals surface area contributed by atoms with E-state index in [4.69, 9.17) is 14.7 Å². The van der Waals surface area contributed by atoms with Gasteiger partial charge in [-0.2, -0.15) is 0 Å². The second-order valence-corrected chi connectivity index (χ2v) is 6.42. The van der Waals surface area contributed by atoms with Crippen molar-refractivity contribution in [1.82, 2.24) is 9.97 Å². The maximum Gasteiger partial charge on any atom is 0.163 e. The molecule has 24 heavy (non-hydrogen) atoms. The van der Waals surface area contributed by atoms with E-state index in [0.29, 0.717) is 0 Å². The van der Waals surface area contributed by atoms with Crippen molar-refractivity contribution in [3.8, 4) is 11.4 Å². The van der Waals surface area contributed by atoms with Crippen LogP contribution in [0.5, 0.6) is 0 Å². The van der Waals surface area contributed by atoms with E-state index in [1.165, 1.54) is 19.3 Å². The van der Waals surface area contributed by atoms with Gasteiger partial charge >= 0.3 is 0 Å². The Bertz CT molecular complexity index is 628. The van der Waals surface area contributed by atoms with Crippen LogP contribution < -0.4 is 9.80 Å². The molecule has 2 aliphatic heterocycles. The third-order valence-corrected chi connectivity index (χ3v) is 4.75. The molecular formula is C19H24N4O. The van der Waals surface area contributed by atoms with Gasteiger partial charge in [-0.25, -0.2) is 9.97 Å². The molecule has 1 aromatic carbocycles. The predicted octanol–water partition coefficient (Wildman–Crippen LogP) is 2.97. The van der Waals surface area contributed by atoms with Gasteiger partial charge < -0.3 is 14.5 Å². The van der Waals surface area contributed by atoms with Crippen molar-refractivity contribution in [2.75, 3.05) is 49.2 Å². The molecule has 1 aromatic heterocycles. The van der Waals surface area contributed by atoms with Crippen LogP contribution in [0.3, 0.4) is 0 Å². The minimum atomic E-state index is 0.768. The Labute approximate surface area is 143 Å². The van der Waals surface area contributed by atoms with Gasteiger partial charge in [-0.1, -0.05) is 30.3 Å². The largest absolute Gasteiger partial charge is 0.378 e. The number of morpholine rings is 1. The molecule has 0 N–H and O–H groups in total. The maximum atomic E-state index is 5.49. The van der Waals surface area contributed by atoms with Gasteiger partial charge in [0.1, 0.15) is 11.6 Å². The van der Waals surface area contributed by atoms with Crippen LogP contribution in [0.25, 0.3) is 11.4 Å². The summed E-state index contributed by atoms with van der Waals surface area (Å²) in [6.45, 7) is 5.50. The molecule has 3 heterocycles. The van der Waals surface area contributed by atoms with Crippen LogP contribution >= 0.6 is 0 Å². The number of anilines is 2. The summed E-state index contributed by atoms with van der Waals surface area (Å²) in [6, 6.07) is 12.4. The number of rotatable bonds is 3. The zero-order valence-electron chi connectivity index (χ0n) is 14.0. The van der Waals surface area contributed by atoms with E-state index in [0.717, 1.165) is 62.4 Å². The second-order valence-electron chi connectivity index (χ2n) is 6.42. The summed E-state index contributed by atoms with van der Waals surface area (Å²) in [5, 5.41) is 0. The Balaban J connectivity index is 1.72. The zero-order chi connectivity index (χ0) is 16.2. The number of nitrogens with zero attached hydrogens (tertiary/aromatic N) is 4. The Morgan fingerprint density at radius 3 is 2.04 bits per heavy atom. The van der Waals surface area contributed by atoms with Gasteiger partial charge in [-0.3, -0.25) is 0 Å². The maximum absolute atomic E-state index is 5.49. The summed E-state index contributed by atoms with van der Waals surface area (Å²) in [7, 11) is 0. The third-order valence-electron chi connectivity index (χ3n) is 4.75. The van der Waals surface area contributed by atoms with Crippen molar-refractivity contribution in [2.24, 2.45) is 0 Å². The van der Waals surface area contributed by atoms with Gasteiger partial charge in [0.15, 0.2) is 5.82 Å². The third kappa shape index (κ3) is 3.36. The highest BCUT2D eigenvalue weighted by Gasteiger charge is 2.19. The van der Waals surface area contributed by atoms with Crippen molar-refractivity contribution in [3.63, 3.8) is 0 Å². The van der Waals surface area contributed by atoms with Crippen LogP contribution in [0.4, 0.5) is 11.6 Å². The van der Waals surface area contributed by atoms with E-state index >= 15 is 0 Å². The molecule has 0 unspecified atom stereocenters. The highest BCUT2D eigenvalue weighted by molar-refractivity contribution is 5.62. The van der Waals surface area contributed by atoms with Gasteiger partial charge in [-0.05, 0) is 19.3 Å². The van der Waals surface area contributed by atoms with Crippen molar-refractivity contribution in [2.45, 2.75) is 19.3 Å². The topological polar surface area (TPSA) is 41.5 Å². The molecule has 126 valence electrons. The molecule has 0 saturated carbocycles. The average Bonchev–Trinajstić information content (AvgIpc) is 2.70. The summed E-state index contributed by atoms with van der Waals surface area (Å²) in [4.78, 5) is 14.4. The van der Waals surface area contributed by atoms with Gasteiger partial charge in [0.2, 0.25) is 0 Å². The van der Waals surface area contributed by atoms with E-state index < -0.39 is 0 Å². The summed E-state index contributed by atoms with van der Waals surface area (Å²) < 4.78 is 5.49. The smallest absolute Gasteiger partial charge is 0.163 e. The van der Waals surface area contributed by atoms with Gasteiger partial charge in [-0.15, -0.1) is 0 Å². The predicted molar refractivity (Wildman–Crippen MR) is 96.6 cm³/mol. The molecule has 0 spiro atoms. The first-order valence-electron chi connectivity index (χ1n) is 8.92. The van der Waals surface area contributed by atoms with Crippen LogP contribution in [0.1, 0.15) is 19.3 Å². The fourth-order valence-corrected chi connectivity index (χ4v) is 3.38. The fraction of sp³-hybridized carbons (Fsp3) is 0.474. The van der Waals surface area contributed by atoms with Crippen LogP contribution in [0.2, 0.25) is 0 Å². The molecule has 2 aliphatic rings. The Morgan fingerprint density at radius 1 is 0.750 bits per heavy atom. The zero-order valence-corrected chi connectivity index (χ0v) is 14.0. The molecule has 2 saturated heterocycles. The summed E-state index contributed by atoms with van der Waals surface area (Å²) in [5.74, 6) is 2.90. The first kappa shape index (κ1) is 15.4. The van der Waals surface area contributed by atoms with Crippen LogP contribution in [0.15, 0.2) is 36.4 Å². The Morgan fingerprint density at radius 2 is 1.38 bits per heavy atom. The number of benzene rings is 1. The molecular weight excluding hydrogens is 300 g/mol. The van der Waals surface area contributed by atoms with Crippen molar-refractivity contribution in [1.29, 1.82) is 0 Å². The molecule has 2 fully saturated rings. The lowest BCUT2D eigenvalue weighted by Crippen LogP contribution is -2.37. The van der Waals surface area contributed by atoms with Crippen LogP contribution in [0, 0.1) is 0 Å². The molecule has 5 nitrogen and oxygen atoms in total. The first-order chi connectivity index (χ1) is 11.9. The lowest BCUT2D eigenvalue weighted by Gasteiger charge is -2.31. The second kappa shape index (κ2) is 7.18. The standard InChI is InChI=1S/C19H24N4O/c1-3-7-16(8-4-1)19-20-17(22-9-5-2-6-10-22)15-18(21-19)23-11-13-24-14-12-23/h1,3-4,7-8,15H,2,5-6,9-14H2. The van der Waals surface area contributed by atoms with Crippen LogP contribution in [-0.4, -0.2) is 49.4 Å². The fourth-order valence-electron chi connectivity index (χ4n) is 3.38. The van der Waals surface area contributed by atoms with E-state index in [1.807, 2.05) is 18.2 Å². The van der Waals surface area contributed by atoms with Gasteiger partial charge in [0, 0.05) is 37.8 Å². The molecule has 0 amide bonds. The summed E-state index contributed by atoms with van der Waals surface area (Å²) >= 11 is 0. The van der Waals surface area contributed by atoms with Gasteiger partial charge in [0.25, 0.3) is 0 Å². The van der Waals surface area contributed by atoms with Gasteiger partial charge in [0.05, 0.1) is 13.2 Å². The Hall–Kier alpha value is -2.14. The summed E-state index contributed by atoms with van der Waals surface area (Å²) in [5.41, 5.74) is 1.07. The monoisotopic (exact) mass is 324 g/mol. The number of aromatic nitrogens is 2. The molecule has 0 radical (unpaired) electrons. The SMILES string of the molecule is c1ccc(-c2nc(N3CCCCC3)cc(N3CCOCC3)n2)cc1. The number of piperidine rings is 1. The average molecular weight is 324 g/mol. The highest BCUT2D eigenvalue weighted by Crippen LogP contribution is 2.26.